The van der Waals surface area contributed by atoms with Gasteiger partial charge in [-0.2, -0.15) is 0 Å². The predicted octanol–water partition coefficient (Wildman–Crippen LogP) is 4.68. The third kappa shape index (κ3) is 3.83. The van der Waals surface area contributed by atoms with Crippen molar-refractivity contribution >= 4 is 0 Å². The molecule has 0 radical (unpaired) electrons. The monoisotopic (exact) mass is 410 g/mol. The molecule has 6 atom stereocenters. The Labute approximate surface area is 182 Å². The molecule has 0 saturated heterocycles. The van der Waals surface area contributed by atoms with Crippen molar-refractivity contribution < 1.29 is 15.3 Å². The van der Waals surface area contributed by atoms with Crippen LogP contribution < -0.4 is 0 Å². The highest BCUT2D eigenvalue weighted by molar-refractivity contribution is 5.39. The van der Waals surface area contributed by atoms with Crippen LogP contribution in [-0.2, 0) is 0 Å². The Morgan fingerprint density at radius 2 is 2.00 bits per heavy atom. The van der Waals surface area contributed by atoms with Crippen molar-refractivity contribution in [2.24, 2.45) is 22.7 Å². The molecular weight excluding hydrogens is 372 g/mol. The normalized spacial score (nSPS) is 43.6. The summed E-state index contributed by atoms with van der Waals surface area (Å²) < 4.78 is 0. The molecule has 0 heterocycles. The van der Waals surface area contributed by atoms with Crippen LogP contribution in [0.1, 0.15) is 78.6 Å². The fourth-order valence-electron chi connectivity index (χ4n) is 6.66. The Morgan fingerprint density at radius 3 is 2.73 bits per heavy atom. The lowest BCUT2D eigenvalue weighted by molar-refractivity contribution is 0.0854. The van der Waals surface area contributed by atoms with Gasteiger partial charge in [-0.25, -0.2) is 0 Å². The van der Waals surface area contributed by atoms with Crippen molar-refractivity contribution in [2.45, 2.75) is 96.4 Å². The fourth-order valence-corrected chi connectivity index (χ4v) is 6.66. The van der Waals surface area contributed by atoms with E-state index in [0.29, 0.717) is 41.9 Å². The maximum absolute atomic E-state index is 10.1. The molecule has 3 N–H and O–H groups in total. The summed E-state index contributed by atoms with van der Waals surface area (Å²) in [5, 5.41) is 30.1. The molecule has 0 bridgehead atoms. The van der Waals surface area contributed by atoms with Crippen molar-refractivity contribution in [3.05, 3.63) is 35.5 Å². The third-order valence-corrected chi connectivity index (χ3v) is 8.53. The lowest BCUT2D eigenvalue weighted by atomic mass is 9.61. The number of aliphatic hydroxyl groups excluding tert-OH is 2. The summed E-state index contributed by atoms with van der Waals surface area (Å²) in [6, 6.07) is 0. The van der Waals surface area contributed by atoms with Crippen molar-refractivity contribution in [1.82, 2.24) is 0 Å². The Morgan fingerprint density at radius 1 is 1.23 bits per heavy atom. The summed E-state index contributed by atoms with van der Waals surface area (Å²) in [5.74, 6) is 7.86. The standard InChI is InChI=1S/C27H38O3/c1-18-20(15-22(28)16-24(18)29)10-9-19-7-5-13-26(4)23(19)11-14-27(26)17-21(27)8-6-12-25(2,3)30/h9-10,21-24,28-30H,1,5,7,11-17H2,2-4H3/b19-9+,20-10-/t21-,22+,23-,24-,26-,27-/m0/s1. The first-order valence-corrected chi connectivity index (χ1v) is 11.7. The van der Waals surface area contributed by atoms with Crippen LogP contribution in [0.3, 0.4) is 0 Å². The van der Waals surface area contributed by atoms with E-state index in [0.717, 1.165) is 17.6 Å². The Hall–Kier alpha value is -1.34. The minimum Gasteiger partial charge on any atom is -0.393 e. The van der Waals surface area contributed by atoms with Crippen LogP contribution >= 0.6 is 0 Å². The van der Waals surface area contributed by atoms with E-state index >= 15 is 0 Å². The molecule has 4 aliphatic rings. The summed E-state index contributed by atoms with van der Waals surface area (Å²) in [4.78, 5) is 0. The van der Waals surface area contributed by atoms with Gasteiger partial charge in [0.15, 0.2) is 0 Å². The SMILES string of the molecule is C=C1/C(=C\C=C2/CCC[C@@]3(C)[C@H]2CC[C@@]32C[C@@H]2C#CCC(C)(C)O)C[C@@H](O)C[C@@H]1O. The quantitative estimate of drug-likeness (QED) is 0.579. The Balaban J connectivity index is 1.52. The topological polar surface area (TPSA) is 60.7 Å². The molecule has 0 aliphatic heterocycles. The fraction of sp³-hybridized carbons (Fsp3) is 0.704. The number of fused-ring (bicyclic) bond motifs is 2. The molecule has 30 heavy (non-hydrogen) atoms. The summed E-state index contributed by atoms with van der Waals surface area (Å²) >= 11 is 0. The summed E-state index contributed by atoms with van der Waals surface area (Å²) in [5.41, 5.74) is 3.25. The second kappa shape index (κ2) is 7.66. The van der Waals surface area contributed by atoms with Crippen molar-refractivity contribution in [1.29, 1.82) is 0 Å². The summed E-state index contributed by atoms with van der Waals surface area (Å²) in [7, 11) is 0. The minimum atomic E-state index is -0.713. The first kappa shape index (κ1) is 21.9. The van der Waals surface area contributed by atoms with Crippen molar-refractivity contribution in [3.8, 4) is 11.8 Å². The van der Waals surface area contributed by atoms with Crippen LogP contribution in [0.5, 0.6) is 0 Å². The molecular formula is C27H38O3. The molecule has 0 amide bonds. The van der Waals surface area contributed by atoms with E-state index in [9.17, 15) is 15.3 Å². The largest absolute Gasteiger partial charge is 0.393 e. The molecule has 4 rings (SSSR count). The van der Waals surface area contributed by atoms with Gasteiger partial charge >= 0.3 is 0 Å². The lowest BCUT2D eigenvalue weighted by Gasteiger charge is -2.43. The lowest BCUT2D eigenvalue weighted by Crippen LogP contribution is -2.35. The predicted molar refractivity (Wildman–Crippen MR) is 120 cm³/mol. The van der Waals surface area contributed by atoms with E-state index < -0.39 is 17.8 Å². The maximum Gasteiger partial charge on any atom is 0.0811 e. The highest BCUT2D eigenvalue weighted by Gasteiger charge is 2.69. The zero-order valence-corrected chi connectivity index (χ0v) is 18.9. The van der Waals surface area contributed by atoms with E-state index in [2.05, 4.69) is 37.5 Å². The Bertz CT molecular complexity index is 832. The zero-order chi connectivity index (χ0) is 21.7. The highest BCUT2D eigenvalue weighted by atomic mass is 16.3. The van der Waals surface area contributed by atoms with Gasteiger partial charge in [0.05, 0.1) is 17.8 Å². The number of rotatable bonds is 2. The van der Waals surface area contributed by atoms with E-state index in [1.165, 1.54) is 37.7 Å². The van der Waals surface area contributed by atoms with Crippen LogP contribution in [0.4, 0.5) is 0 Å². The van der Waals surface area contributed by atoms with Crippen molar-refractivity contribution in [3.63, 3.8) is 0 Å². The average Bonchev–Trinajstić information content (AvgIpc) is 3.27. The van der Waals surface area contributed by atoms with Crippen LogP contribution in [0.2, 0.25) is 0 Å². The second-order valence-electron chi connectivity index (χ2n) is 11.2. The molecule has 164 valence electrons. The molecule has 3 nitrogen and oxygen atoms in total. The summed E-state index contributed by atoms with van der Waals surface area (Å²) in [6.07, 6.45) is 12.2. The maximum atomic E-state index is 10.1. The van der Waals surface area contributed by atoms with Crippen LogP contribution in [0.25, 0.3) is 0 Å². The Kier molecular flexibility index (Phi) is 5.59. The highest BCUT2D eigenvalue weighted by Crippen LogP contribution is 2.76. The molecule has 4 aliphatic carbocycles. The number of hydrogen-bond donors (Lipinski definition) is 3. The molecule has 4 saturated carbocycles. The van der Waals surface area contributed by atoms with Gasteiger partial charge < -0.3 is 15.3 Å². The van der Waals surface area contributed by atoms with Gasteiger partial charge in [-0.3, -0.25) is 0 Å². The van der Waals surface area contributed by atoms with Crippen LogP contribution in [0, 0.1) is 34.5 Å². The third-order valence-electron chi connectivity index (χ3n) is 8.53. The smallest absolute Gasteiger partial charge is 0.0811 e. The average molecular weight is 411 g/mol. The second-order valence-corrected chi connectivity index (χ2v) is 11.2. The van der Waals surface area contributed by atoms with Gasteiger partial charge in [-0.1, -0.05) is 37.1 Å². The van der Waals surface area contributed by atoms with Gasteiger partial charge in [0.1, 0.15) is 0 Å². The van der Waals surface area contributed by atoms with E-state index in [1.54, 1.807) is 0 Å². The molecule has 0 aromatic carbocycles. The van der Waals surface area contributed by atoms with Gasteiger partial charge in [0, 0.05) is 18.8 Å². The zero-order valence-electron chi connectivity index (χ0n) is 18.9. The number of hydrogen-bond acceptors (Lipinski definition) is 3. The molecule has 0 aromatic heterocycles. The van der Waals surface area contributed by atoms with Crippen LogP contribution in [-0.4, -0.2) is 33.1 Å². The van der Waals surface area contributed by atoms with Gasteiger partial charge in [-0.15, -0.1) is 5.92 Å². The van der Waals surface area contributed by atoms with Crippen LogP contribution in [0.15, 0.2) is 35.5 Å². The molecule has 3 heteroatoms. The minimum absolute atomic E-state index is 0.312. The van der Waals surface area contributed by atoms with Gasteiger partial charge in [-0.05, 0) is 86.7 Å². The molecule has 4 fully saturated rings. The van der Waals surface area contributed by atoms with E-state index in [-0.39, 0.29) is 0 Å². The first-order valence-electron chi connectivity index (χ1n) is 11.7. The molecule has 1 spiro atoms. The number of allylic oxidation sites excluding steroid dienone is 3. The van der Waals surface area contributed by atoms with Gasteiger partial charge in [0.25, 0.3) is 0 Å². The van der Waals surface area contributed by atoms with E-state index in [4.69, 9.17) is 0 Å². The van der Waals surface area contributed by atoms with Gasteiger partial charge in [0.2, 0.25) is 0 Å². The summed E-state index contributed by atoms with van der Waals surface area (Å²) in [6.45, 7) is 10.2. The first-order chi connectivity index (χ1) is 14.1. The molecule has 0 unspecified atom stereocenters. The van der Waals surface area contributed by atoms with E-state index in [1.807, 2.05) is 13.8 Å². The van der Waals surface area contributed by atoms with Crippen molar-refractivity contribution in [2.75, 3.05) is 0 Å². The molecule has 0 aromatic rings. The number of aliphatic hydroxyl groups is 3.